The van der Waals surface area contributed by atoms with Gasteiger partial charge in [-0.15, -0.1) is 0 Å². The molecule has 0 bridgehead atoms. The summed E-state index contributed by atoms with van der Waals surface area (Å²) in [7, 11) is 1.62. The van der Waals surface area contributed by atoms with Crippen LogP contribution >= 0.6 is 0 Å². The first-order chi connectivity index (χ1) is 11.7. The van der Waals surface area contributed by atoms with Gasteiger partial charge in [-0.05, 0) is 36.6 Å². The summed E-state index contributed by atoms with van der Waals surface area (Å²) in [6, 6.07) is 15.5. The molecule has 0 saturated heterocycles. The molecule has 2 aromatic rings. The maximum absolute atomic E-state index is 11.8. The van der Waals surface area contributed by atoms with Gasteiger partial charge in [-0.1, -0.05) is 36.4 Å². The Bertz CT molecular complexity index is 644. The van der Waals surface area contributed by atoms with Crippen LogP contribution in [0.4, 0.5) is 4.79 Å². The minimum Gasteiger partial charge on any atom is -0.493 e. The van der Waals surface area contributed by atoms with Crippen molar-refractivity contribution in [2.75, 3.05) is 20.3 Å². The molecule has 0 aromatic heterocycles. The van der Waals surface area contributed by atoms with Crippen LogP contribution in [0.3, 0.4) is 0 Å². The van der Waals surface area contributed by atoms with Crippen molar-refractivity contribution in [3.05, 3.63) is 59.7 Å². The van der Waals surface area contributed by atoms with Gasteiger partial charge in [0.15, 0.2) is 11.5 Å². The van der Waals surface area contributed by atoms with Crippen molar-refractivity contribution in [3.8, 4) is 11.5 Å². The van der Waals surface area contributed by atoms with E-state index in [1.165, 1.54) is 0 Å². The third-order valence-corrected chi connectivity index (χ3v) is 3.52. The molecule has 5 heteroatoms. The van der Waals surface area contributed by atoms with Gasteiger partial charge in [0, 0.05) is 13.1 Å². The fourth-order valence-corrected chi connectivity index (χ4v) is 2.30. The van der Waals surface area contributed by atoms with Gasteiger partial charge < -0.3 is 20.1 Å². The van der Waals surface area contributed by atoms with Gasteiger partial charge in [0.1, 0.15) is 0 Å². The summed E-state index contributed by atoms with van der Waals surface area (Å²) in [6.45, 7) is 3.60. The molecule has 0 heterocycles. The third kappa shape index (κ3) is 5.50. The zero-order valence-electron chi connectivity index (χ0n) is 14.2. The van der Waals surface area contributed by atoms with Crippen molar-refractivity contribution in [1.29, 1.82) is 0 Å². The molecule has 2 aromatic carbocycles. The van der Waals surface area contributed by atoms with Gasteiger partial charge in [-0.2, -0.15) is 0 Å². The molecule has 5 nitrogen and oxygen atoms in total. The summed E-state index contributed by atoms with van der Waals surface area (Å²) in [5.41, 5.74) is 2.16. The molecule has 0 saturated carbocycles. The van der Waals surface area contributed by atoms with Gasteiger partial charge in [0.05, 0.1) is 13.7 Å². The number of carbonyl (C=O) groups excluding carboxylic acids is 1. The third-order valence-electron chi connectivity index (χ3n) is 3.52. The first kappa shape index (κ1) is 17.7. The second-order valence-corrected chi connectivity index (χ2v) is 5.26. The van der Waals surface area contributed by atoms with E-state index in [4.69, 9.17) is 9.47 Å². The van der Waals surface area contributed by atoms with Crippen LogP contribution in [0.1, 0.15) is 18.1 Å². The maximum atomic E-state index is 11.8. The van der Waals surface area contributed by atoms with E-state index in [0.717, 1.165) is 23.3 Å². The van der Waals surface area contributed by atoms with Gasteiger partial charge in [-0.25, -0.2) is 4.79 Å². The highest BCUT2D eigenvalue weighted by Gasteiger charge is 2.06. The molecular weight excluding hydrogens is 304 g/mol. The van der Waals surface area contributed by atoms with E-state index in [0.29, 0.717) is 25.4 Å². The molecule has 2 N–H and O–H groups in total. The van der Waals surface area contributed by atoms with Crippen LogP contribution < -0.4 is 20.1 Å². The van der Waals surface area contributed by atoms with Crippen LogP contribution in [-0.4, -0.2) is 26.3 Å². The summed E-state index contributed by atoms with van der Waals surface area (Å²) in [5.74, 6) is 1.44. The Hall–Kier alpha value is -2.69. The zero-order chi connectivity index (χ0) is 17.2. The summed E-state index contributed by atoms with van der Waals surface area (Å²) in [5, 5.41) is 5.70. The molecule has 128 valence electrons. The summed E-state index contributed by atoms with van der Waals surface area (Å²) < 4.78 is 10.8. The SMILES string of the molecule is CCOc1ccc(CCNC(=O)NCc2ccccc2)cc1OC. The molecule has 2 amide bonds. The average molecular weight is 328 g/mol. The highest BCUT2D eigenvalue weighted by atomic mass is 16.5. The molecule has 0 atom stereocenters. The van der Waals surface area contributed by atoms with Crippen LogP contribution in [0.5, 0.6) is 11.5 Å². The number of carbonyl (C=O) groups is 1. The molecule has 0 fully saturated rings. The van der Waals surface area contributed by atoms with Crippen LogP contribution in [-0.2, 0) is 13.0 Å². The van der Waals surface area contributed by atoms with Crippen molar-refractivity contribution in [3.63, 3.8) is 0 Å². The Morgan fingerprint density at radius 2 is 1.79 bits per heavy atom. The summed E-state index contributed by atoms with van der Waals surface area (Å²) in [4.78, 5) is 11.8. The summed E-state index contributed by atoms with van der Waals surface area (Å²) >= 11 is 0. The molecule has 0 aliphatic heterocycles. The smallest absolute Gasteiger partial charge is 0.315 e. The Morgan fingerprint density at radius 3 is 2.50 bits per heavy atom. The van der Waals surface area contributed by atoms with E-state index in [-0.39, 0.29) is 6.03 Å². The highest BCUT2D eigenvalue weighted by Crippen LogP contribution is 2.28. The van der Waals surface area contributed by atoms with Gasteiger partial charge in [-0.3, -0.25) is 0 Å². The van der Waals surface area contributed by atoms with E-state index < -0.39 is 0 Å². The van der Waals surface area contributed by atoms with Crippen molar-refractivity contribution in [2.45, 2.75) is 19.9 Å². The molecular formula is C19H24N2O3. The predicted molar refractivity (Wildman–Crippen MR) is 94.5 cm³/mol. The molecule has 0 unspecified atom stereocenters. The second-order valence-electron chi connectivity index (χ2n) is 5.26. The molecule has 24 heavy (non-hydrogen) atoms. The normalized spacial score (nSPS) is 10.1. The van der Waals surface area contributed by atoms with Gasteiger partial charge in [0.2, 0.25) is 0 Å². The fraction of sp³-hybridized carbons (Fsp3) is 0.316. The molecule has 0 aliphatic rings. The zero-order valence-corrected chi connectivity index (χ0v) is 14.2. The molecule has 0 radical (unpaired) electrons. The van der Waals surface area contributed by atoms with E-state index >= 15 is 0 Å². The van der Waals surface area contributed by atoms with Crippen LogP contribution in [0, 0.1) is 0 Å². The lowest BCUT2D eigenvalue weighted by atomic mass is 10.1. The predicted octanol–water partition coefficient (Wildman–Crippen LogP) is 3.14. The quantitative estimate of drug-likeness (QED) is 0.783. The number of amides is 2. The lowest BCUT2D eigenvalue weighted by molar-refractivity contribution is 0.240. The van der Waals surface area contributed by atoms with Crippen molar-refractivity contribution < 1.29 is 14.3 Å². The van der Waals surface area contributed by atoms with Gasteiger partial charge >= 0.3 is 6.03 Å². The number of hydrogen-bond donors (Lipinski definition) is 2. The number of hydrogen-bond acceptors (Lipinski definition) is 3. The van der Waals surface area contributed by atoms with Crippen molar-refractivity contribution in [2.24, 2.45) is 0 Å². The van der Waals surface area contributed by atoms with E-state index in [2.05, 4.69) is 10.6 Å². The summed E-state index contributed by atoms with van der Waals surface area (Å²) in [6.07, 6.45) is 0.724. The number of rotatable bonds is 8. The molecule has 2 rings (SSSR count). The second kappa shape index (κ2) is 9.45. The first-order valence-corrected chi connectivity index (χ1v) is 8.08. The van der Waals surface area contributed by atoms with Crippen LogP contribution in [0.2, 0.25) is 0 Å². The Labute approximate surface area is 143 Å². The lowest BCUT2D eigenvalue weighted by Crippen LogP contribution is -2.36. The number of methoxy groups -OCH3 is 1. The van der Waals surface area contributed by atoms with E-state index in [1.54, 1.807) is 7.11 Å². The monoisotopic (exact) mass is 328 g/mol. The van der Waals surface area contributed by atoms with Crippen molar-refractivity contribution in [1.82, 2.24) is 10.6 Å². The Balaban J connectivity index is 1.76. The standard InChI is InChI=1S/C19H24N2O3/c1-3-24-17-10-9-15(13-18(17)23-2)11-12-20-19(22)21-14-16-7-5-4-6-8-16/h4-10,13H,3,11-12,14H2,1-2H3,(H2,20,21,22). The highest BCUT2D eigenvalue weighted by molar-refractivity contribution is 5.73. The van der Waals surface area contributed by atoms with Crippen LogP contribution in [0.25, 0.3) is 0 Å². The van der Waals surface area contributed by atoms with Crippen LogP contribution in [0.15, 0.2) is 48.5 Å². The minimum atomic E-state index is -0.170. The average Bonchev–Trinajstić information content (AvgIpc) is 2.62. The molecule has 0 aliphatic carbocycles. The Kier molecular flexibility index (Phi) is 6.95. The number of ether oxygens (including phenoxy) is 2. The van der Waals surface area contributed by atoms with E-state index in [1.807, 2.05) is 55.5 Å². The molecule has 0 spiro atoms. The maximum Gasteiger partial charge on any atom is 0.315 e. The number of benzene rings is 2. The first-order valence-electron chi connectivity index (χ1n) is 8.08. The lowest BCUT2D eigenvalue weighted by Gasteiger charge is -2.11. The van der Waals surface area contributed by atoms with Gasteiger partial charge in [0.25, 0.3) is 0 Å². The Morgan fingerprint density at radius 1 is 1.00 bits per heavy atom. The minimum absolute atomic E-state index is 0.170. The van der Waals surface area contributed by atoms with E-state index in [9.17, 15) is 4.79 Å². The number of nitrogens with one attached hydrogen (secondary N) is 2. The largest absolute Gasteiger partial charge is 0.493 e. The number of urea groups is 1. The topological polar surface area (TPSA) is 59.6 Å². The fourth-order valence-electron chi connectivity index (χ4n) is 2.30. The van der Waals surface area contributed by atoms with Crippen molar-refractivity contribution >= 4 is 6.03 Å².